The van der Waals surface area contributed by atoms with Crippen LogP contribution in [0.15, 0.2) is 16.1 Å². The Hall–Kier alpha value is -1.80. The second-order valence-corrected chi connectivity index (χ2v) is 7.84. The standard InChI is InChI=1S/C17H23N5O2S/c23-15(20-17-18-6-10-25-17)5-9-22-7-3-12(4-8-22)11-14-19-16(24-21-14)13-1-2-13/h6,10,12-13H,1-5,7-9,11H2,(H,18,20,23). The van der Waals surface area contributed by atoms with Crippen LogP contribution in [0.2, 0.25) is 0 Å². The molecule has 0 aromatic carbocycles. The first-order chi connectivity index (χ1) is 12.3. The van der Waals surface area contributed by atoms with Gasteiger partial charge in [0.2, 0.25) is 11.8 Å². The minimum atomic E-state index is 0.0384. The van der Waals surface area contributed by atoms with Gasteiger partial charge in [-0.1, -0.05) is 5.16 Å². The van der Waals surface area contributed by atoms with E-state index in [1.54, 1.807) is 6.20 Å². The van der Waals surface area contributed by atoms with Gasteiger partial charge in [0.05, 0.1) is 0 Å². The lowest BCUT2D eigenvalue weighted by Gasteiger charge is -2.31. The smallest absolute Gasteiger partial charge is 0.229 e. The maximum atomic E-state index is 11.9. The molecule has 1 aliphatic carbocycles. The first-order valence-electron chi connectivity index (χ1n) is 9.00. The van der Waals surface area contributed by atoms with E-state index in [-0.39, 0.29) is 5.91 Å². The van der Waals surface area contributed by atoms with E-state index in [1.165, 1.54) is 24.2 Å². The van der Waals surface area contributed by atoms with Crippen LogP contribution in [-0.4, -0.2) is 45.6 Å². The van der Waals surface area contributed by atoms with E-state index < -0.39 is 0 Å². The Balaban J connectivity index is 1.16. The Bertz CT molecular complexity index is 690. The summed E-state index contributed by atoms with van der Waals surface area (Å²) in [5.74, 6) is 2.88. The van der Waals surface area contributed by atoms with Gasteiger partial charge in [-0.2, -0.15) is 4.98 Å². The number of nitrogens with one attached hydrogen (secondary N) is 1. The van der Waals surface area contributed by atoms with E-state index in [0.717, 1.165) is 50.6 Å². The molecule has 8 heteroatoms. The maximum absolute atomic E-state index is 11.9. The average molecular weight is 361 g/mol. The highest BCUT2D eigenvalue weighted by Crippen LogP contribution is 2.39. The normalized spacial score (nSPS) is 19.2. The Morgan fingerprint density at radius 1 is 1.32 bits per heavy atom. The molecular formula is C17H23N5O2S. The number of carbonyl (C=O) groups excluding carboxylic acids is 1. The predicted octanol–water partition coefficient (Wildman–Crippen LogP) is 2.69. The second-order valence-electron chi connectivity index (χ2n) is 6.95. The van der Waals surface area contributed by atoms with Gasteiger partial charge in [-0.05, 0) is 44.7 Å². The van der Waals surface area contributed by atoms with Crippen molar-refractivity contribution in [2.24, 2.45) is 5.92 Å². The minimum absolute atomic E-state index is 0.0384. The fraction of sp³-hybridized carbons (Fsp3) is 0.647. The number of likely N-dealkylation sites (tertiary alicyclic amines) is 1. The molecule has 0 spiro atoms. The fourth-order valence-corrected chi connectivity index (χ4v) is 3.79. The molecule has 3 heterocycles. The minimum Gasteiger partial charge on any atom is -0.339 e. The molecule has 134 valence electrons. The summed E-state index contributed by atoms with van der Waals surface area (Å²) in [6.45, 7) is 2.86. The highest BCUT2D eigenvalue weighted by molar-refractivity contribution is 7.13. The highest BCUT2D eigenvalue weighted by atomic mass is 32.1. The van der Waals surface area contributed by atoms with E-state index in [0.29, 0.717) is 23.4 Å². The van der Waals surface area contributed by atoms with E-state index in [4.69, 9.17) is 4.52 Å². The number of carbonyl (C=O) groups is 1. The molecule has 1 aliphatic heterocycles. The number of rotatable bonds is 7. The van der Waals surface area contributed by atoms with Crippen LogP contribution < -0.4 is 5.32 Å². The summed E-state index contributed by atoms with van der Waals surface area (Å²) in [5, 5.41) is 9.50. The van der Waals surface area contributed by atoms with Crippen molar-refractivity contribution in [3.8, 4) is 0 Å². The van der Waals surface area contributed by atoms with Gasteiger partial charge in [0.15, 0.2) is 11.0 Å². The molecule has 0 bridgehead atoms. The third-order valence-electron chi connectivity index (χ3n) is 4.92. The lowest BCUT2D eigenvalue weighted by molar-refractivity contribution is -0.116. The summed E-state index contributed by atoms with van der Waals surface area (Å²) in [6, 6.07) is 0. The molecule has 0 unspecified atom stereocenters. The maximum Gasteiger partial charge on any atom is 0.229 e. The number of amides is 1. The third kappa shape index (κ3) is 4.64. The van der Waals surface area contributed by atoms with Crippen LogP contribution in [0.5, 0.6) is 0 Å². The topological polar surface area (TPSA) is 84.2 Å². The third-order valence-corrected chi connectivity index (χ3v) is 5.61. The van der Waals surface area contributed by atoms with Crippen LogP contribution in [0.4, 0.5) is 5.13 Å². The quantitative estimate of drug-likeness (QED) is 0.816. The summed E-state index contributed by atoms with van der Waals surface area (Å²) in [7, 11) is 0. The lowest BCUT2D eigenvalue weighted by atomic mass is 9.93. The Kier molecular flexibility index (Phi) is 5.07. The van der Waals surface area contributed by atoms with Crippen molar-refractivity contribution >= 4 is 22.4 Å². The number of anilines is 1. The van der Waals surface area contributed by atoms with Crippen molar-refractivity contribution in [3.63, 3.8) is 0 Å². The molecule has 2 aromatic rings. The van der Waals surface area contributed by atoms with Crippen molar-refractivity contribution in [1.82, 2.24) is 20.0 Å². The van der Waals surface area contributed by atoms with E-state index >= 15 is 0 Å². The zero-order valence-electron chi connectivity index (χ0n) is 14.2. The summed E-state index contributed by atoms with van der Waals surface area (Å²) in [6.07, 6.45) is 7.76. The molecule has 0 radical (unpaired) electrons. The lowest BCUT2D eigenvalue weighted by Crippen LogP contribution is -2.36. The zero-order valence-corrected chi connectivity index (χ0v) is 15.0. The average Bonchev–Trinajstić information content (AvgIpc) is 3.15. The van der Waals surface area contributed by atoms with Gasteiger partial charge in [0.25, 0.3) is 0 Å². The van der Waals surface area contributed by atoms with E-state index in [9.17, 15) is 4.79 Å². The molecule has 1 saturated heterocycles. The molecule has 1 saturated carbocycles. The van der Waals surface area contributed by atoms with Crippen LogP contribution in [0.3, 0.4) is 0 Å². The predicted molar refractivity (Wildman–Crippen MR) is 94.5 cm³/mol. The number of hydrogen-bond acceptors (Lipinski definition) is 7. The van der Waals surface area contributed by atoms with Gasteiger partial charge >= 0.3 is 0 Å². The Labute approximate surface area is 150 Å². The van der Waals surface area contributed by atoms with Crippen molar-refractivity contribution in [2.75, 3.05) is 25.0 Å². The van der Waals surface area contributed by atoms with Gasteiger partial charge in [0, 0.05) is 36.9 Å². The zero-order chi connectivity index (χ0) is 17.1. The van der Waals surface area contributed by atoms with Crippen LogP contribution >= 0.6 is 11.3 Å². The van der Waals surface area contributed by atoms with Crippen LogP contribution in [-0.2, 0) is 11.2 Å². The fourth-order valence-electron chi connectivity index (χ4n) is 3.25. The number of nitrogens with zero attached hydrogens (tertiary/aromatic N) is 4. The van der Waals surface area contributed by atoms with E-state index in [2.05, 4.69) is 25.3 Å². The van der Waals surface area contributed by atoms with Gasteiger partial charge < -0.3 is 14.7 Å². The van der Waals surface area contributed by atoms with Gasteiger partial charge in [-0.25, -0.2) is 4.98 Å². The largest absolute Gasteiger partial charge is 0.339 e. The first kappa shape index (κ1) is 16.7. The van der Waals surface area contributed by atoms with E-state index in [1.807, 2.05) is 5.38 Å². The highest BCUT2D eigenvalue weighted by Gasteiger charge is 2.30. The van der Waals surface area contributed by atoms with Crippen molar-refractivity contribution in [1.29, 1.82) is 0 Å². The molecule has 7 nitrogen and oxygen atoms in total. The van der Waals surface area contributed by atoms with Gasteiger partial charge in [-0.15, -0.1) is 11.3 Å². The van der Waals surface area contributed by atoms with Crippen LogP contribution in [0.1, 0.15) is 49.7 Å². The monoisotopic (exact) mass is 361 g/mol. The Morgan fingerprint density at radius 2 is 2.16 bits per heavy atom. The van der Waals surface area contributed by atoms with Gasteiger partial charge in [-0.3, -0.25) is 4.79 Å². The SMILES string of the molecule is O=C(CCN1CCC(Cc2noc(C3CC3)n2)CC1)Nc1nccs1. The summed E-state index contributed by atoms with van der Waals surface area (Å²) >= 11 is 1.44. The molecule has 0 atom stereocenters. The van der Waals surface area contributed by atoms with Gasteiger partial charge in [0.1, 0.15) is 0 Å². The summed E-state index contributed by atoms with van der Waals surface area (Å²) < 4.78 is 5.34. The summed E-state index contributed by atoms with van der Waals surface area (Å²) in [4.78, 5) is 22.9. The summed E-state index contributed by atoms with van der Waals surface area (Å²) in [5.41, 5.74) is 0. The van der Waals surface area contributed by atoms with Crippen LogP contribution in [0, 0.1) is 5.92 Å². The molecular weight excluding hydrogens is 338 g/mol. The van der Waals surface area contributed by atoms with Crippen molar-refractivity contribution in [2.45, 2.75) is 44.4 Å². The number of piperidine rings is 1. The van der Waals surface area contributed by atoms with Crippen molar-refractivity contribution < 1.29 is 9.32 Å². The second kappa shape index (κ2) is 7.61. The molecule has 2 aromatic heterocycles. The molecule has 2 fully saturated rings. The molecule has 4 rings (SSSR count). The number of thiazole rings is 1. The molecule has 1 amide bonds. The van der Waals surface area contributed by atoms with Crippen molar-refractivity contribution in [3.05, 3.63) is 23.3 Å². The molecule has 1 N–H and O–H groups in total. The number of aromatic nitrogens is 3. The van der Waals surface area contributed by atoms with Crippen LogP contribution in [0.25, 0.3) is 0 Å². The number of hydrogen-bond donors (Lipinski definition) is 1. The molecule has 25 heavy (non-hydrogen) atoms. The Morgan fingerprint density at radius 3 is 2.88 bits per heavy atom. The first-order valence-corrected chi connectivity index (χ1v) is 9.88. The molecule has 2 aliphatic rings.